The molecular weight excluding hydrogens is 224 g/mol. The molecule has 0 radical (unpaired) electrons. The average molecular weight is 243 g/mol. The molecule has 1 aliphatic carbocycles. The lowest BCUT2D eigenvalue weighted by atomic mass is 9.93. The van der Waals surface area contributed by atoms with Gasteiger partial charge < -0.3 is 14.2 Å². The summed E-state index contributed by atoms with van der Waals surface area (Å²) in [4.78, 5) is 2.59. The summed E-state index contributed by atoms with van der Waals surface area (Å²) >= 11 is 0. The molecule has 4 aliphatic rings. The molecule has 3 aliphatic heterocycles. The molecule has 0 amide bonds. The third-order valence-corrected chi connectivity index (χ3v) is 4.61. The van der Waals surface area contributed by atoms with E-state index in [-0.39, 0.29) is 0 Å². The molecule has 2 atom stereocenters. The van der Waals surface area contributed by atoms with E-state index in [1.54, 1.807) is 0 Å². The Hall–Kier alpha value is -1.19. The Balaban J connectivity index is 1.54. The molecule has 0 aromatic carbocycles. The van der Waals surface area contributed by atoms with Crippen molar-refractivity contribution in [1.29, 1.82) is 0 Å². The van der Waals surface area contributed by atoms with Crippen molar-refractivity contribution in [2.24, 2.45) is 0 Å². The fraction of sp³-hybridized carbons (Fsp3) is 0.533. The van der Waals surface area contributed by atoms with E-state index in [9.17, 15) is 0 Å². The number of hydrogen-bond acceptors (Lipinski definition) is 2. The van der Waals surface area contributed by atoms with Gasteiger partial charge in [0.05, 0.1) is 19.4 Å². The quantitative estimate of drug-likeness (QED) is 0.534. The molecule has 3 heteroatoms. The third-order valence-electron chi connectivity index (χ3n) is 4.61. The van der Waals surface area contributed by atoms with E-state index < -0.39 is 0 Å². The second-order valence-electron chi connectivity index (χ2n) is 5.70. The number of fused-ring (bicyclic) bond motifs is 3. The van der Waals surface area contributed by atoms with Crippen molar-refractivity contribution in [1.82, 2.24) is 4.90 Å². The third kappa shape index (κ3) is 1.54. The van der Waals surface area contributed by atoms with Crippen LogP contribution in [0.4, 0.5) is 0 Å². The molecule has 0 aromatic rings. The van der Waals surface area contributed by atoms with E-state index in [4.69, 9.17) is 4.74 Å². The molecule has 0 spiro atoms. The topological polar surface area (TPSA) is 15.5 Å². The Bertz CT molecular complexity index is 451. The second kappa shape index (κ2) is 3.90. The molecule has 0 aromatic heterocycles. The zero-order valence-electron chi connectivity index (χ0n) is 10.6. The standard InChI is InChI=1S/C15H19N2O/c1-16-6-5-14-11(3-2-4-15(14)16)8-17-9-13-7-12(17)10-18-13/h2-4,12-13H,1,5-10H2/q-1/t12-,13-/m0/s1. The summed E-state index contributed by atoms with van der Waals surface area (Å²) in [6.07, 6.45) is 9.52. The van der Waals surface area contributed by atoms with Crippen molar-refractivity contribution in [3.05, 3.63) is 35.8 Å². The van der Waals surface area contributed by atoms with Gasteiger partial charge in [0.25, 0.3) is 0 Å². The van der Waals surface area contributed by atoms with Gasteiger partial charge in [-0.25, -0.2) is 18.1 Å². The van der Waals surface area contributed by atoms with Gasteiger partial charge in [-0.3, -0.25) is 0 Å². The molecule has 3 saturated heterocycles. The molecule has 0 unspecified atom stereocenters. The van der Waals surface area contributed by atoms with Gasteiger partial charge in [0, 0.05) is 18.6 Å². The van der Waals surface area contributed by atoms with Crippen molar-refractivity contribution in [3.8, 4) is 0 Å². The van der Waals surface area contributed by atoms with Gasteiger partial charge in [-0.2, -0.15) is 11.6 Å². The Kier molecular flexibility index (Phi) is 2.32. The summed E-state index contributed by atoms with van der Waals surface area (Å²) in [5.74, 6) is 0. The van der Waals surface area contributed by atoms with Gasteiger partial charge in [0.2, 0.25) is 0 Å². The maximum absolute atomic E-state index is 5.67. The van der Waals surface area contributed by atoms with E-state index in [1.807, 2.05) is 0 Å². The normalized spacial score (nSPS) is 34.4. The van der Waals surface area contributed by atoms with E-state index in [0.717, 1.165) is 32.7 Å². The lowest BCUT2D eigenvalue weighted by molar-refractivity contribution is -0.475. The number of likely N-dealkylation sites (tertiary alicyclic amines) is 1. The van der Waals surface area contributed by atoms with Crippen LogP contribution in [0.1, 0.15) is 12.8 Å². The van der Waals surface area contributed by atoms with Crippen LogP contribution in [-0.4, -0.2) is 54.6 Å². The van der Waals surface area contributed by atoms with Gasteiger partial charge in [-0.1, -0.05) is 0 Å². The van der Waals surface area contributed by atoms with E-state index in [2.05, 4.69) is 34.8 Å². The average Bonchev–Trinajstić information content (AvgIpc) is 3.06. The minimum atomic E-state index is 0.496. The Labute approximate surface area is 108 Å². The molecular formula is C15H19N2O-. The number of ether oxygens (including phenoxy) is 1. The van der Waals surface area contributed by atoms with Crippen LogP contribution in [0, 0.1) is 12.5 Å². The molecule has 3 fully saturated rings. The van der Waals surface area contributed by atoms with Crippen LogP contribution in [0.2, 0.25) is 0 Å². The maximum Gasteiger partial charge on any atom is 0.121 e. The van der Waals surface area contributed by atoms with Gasteiger partial charge in [-0.05, 0) is 19.4 Å². The summed E-state index contributed by atoms with van der Waals surface area (Å²) in [6.45, 7) is 8.28. The number of hydrogen-bond donors (Lipinski definition) is 0. The van der Waals surface area contributed by atoms with Crippen LogP contribution in [0.3, 0.4) is 0 Å². The van der Waals surface area contributed by atoms with Crippen LogP contribution < -0.4 is 0 Å². The minimum Gasteiger partial charge on any atom is -0.375 e. The highest BCUT2D eigenvalue weighted by atomic mass is 16.5. The summed E-state index contributed by atoms with van der Waals surface area (Å²) in [6, 6.07) is 1.98. The molecule has 3 nitrogen and oxygen atoms in total. The van der Waals surface area contributed by atoms with Crippen LogP contribution in [-0.2, 0) is 4.74 Å². The van der Waals surface area contributed by atoms with Crippen molar-refractivity contribution in [3.63, 3.8) is 0 Å². The van der Waals surface area contributed by atoms with Crippen molar-refractivity contribution >= 4 is 6.72 Å². The summed E-state index contributed by atoms with van der Waals surface area (Å²) in [5, 5.41) is 0. The summed E-state index contributed by atoms with van der Waals surface area (Å²) in [5.41, 5.74) is 3.00. The first-order chi connectivity index (χ1) is 8.81. The Morgan fingerprint density at radius 2 is 2.56 bits per heavy atom. The van der Waals surface area contributed by atoms with Crippen molar-refractivity contribution < 1.29 is 9.31 Å². The first kappa shape index (κ1) is 10.7. The predicted molar refractivity (Wildman–Crippen MR) is 70.3 cm³/mol. The molecule has 4 rings (SSSR count). The zero-order valence-corrected chi connectivity index (χ0v) is 10.6. The number of allylic oxidation sites excluding steroid dienone is 1. The van der Waals surface area contributed by atoms with E-state index in [1.165, 1.54) is 23.6 Å². The van der Waals surface area contributed by atoms with Crippen molar-refractivity contribution in [2.45, 2.75) is 25.0 Å². The highest BCUT2D eigenvalue weighted by molar-refractivity contribution is 5.47. The summed E-state index contributed by atoms with van der Waals surface area (Å²) in [7, 11) is 0. The SMILES string of the molecule is C=[N+]1CCC2=C(CN3C[C@@H]4C[C@H]3CO4)[CH-]C=C[C-]21. The van der Waals surface area contributed by atoms with Crippen LogP contribution >= 0.6 is 0 Å². The Morgan fingerprint density at radius 1 is 1.61 bits per heavy atom. The largest absolute Gasteiger partial charge is 0.375 e. The summed E-state index contributed by atoms with van der Waals surface area (Å²) < 4.78 is 7.79. The molecule has 18 heavy (non-hydrogen) atoms. The highest BCUT2D eigenvalue weighted by Crippen LogP contribution is 2.36. The fourth-order valence-corrected chi connectivity index (χ4v) is 3.61. The van der Waals surface area contributed by atoms with Gasteiger partial charge in [-0.15, -0.1) is 0 Å². The molecule has 2 bridgehead atoms. The molecule has 96 valence electrons. The molecule has 3 heterocycles. The van der Waals surface area contributed by atoms with Gasteiger partial charge >= 0.3 is 0 Å². The highest BCUT2D eigenvalue weighted by Gasteiger charge is 2.38. The maximum atomic E-state index is 5.67. The van der Waals surface area contributed by atoms with E-state index >= 15 is 0 Å². The fourth-order valence-electron chi connectivity index (χ4n) is 3.61. The first-order valence-electron chi connectivity index (χ1n) is 6.86. The van der Waals surface area contributed by atoms with E-state index in [0.29, 0.717) is 12.1 Å². The lowest BCUT2D eigenvalue weighted by Gasteiger charge is -2.36. The van der Waals surface area contributed by atoms with Crippen LogP contribution in [0.15, 0.2) is 23.3 Å². The van der Waals surface area contributed by atoms with Crippen LogP contribution in [0.25, 0.3) is 0 Å². The smallest absolute Gasteiger partial charge is 0.121 e. The molecule has 0 saturated carbocycles. The lowest BCUT2D eigenvalue weighted by Crippen LogP contribution is -2.38. The predicted octanol–water partition coefficient (Wildman–Crippen LogP) is 1.18. The number of morpholine rings is 1. The first-order valence-corrected chi connectivity index (χ1v) is 6.86. The Morgan fingerprint density at radius 3 is 3.33 bits per heavy atom. The van der Waals surface area contributed by atoms with Gasteiger partial charge in [0.1, 0.15) is 6.54 Å². The second-order valence-corrected chi connectivity index (χ2v) is 5.70. The van der Waals surface area contributed by atoms with Crippen LogP contribution in [0.5, 0.6) is 0 Å². The minimum absolute atomic E-state index is 0.496. The van der Waals surface area contributed by atoms with Gasteiger partial charge in [0.15, 0.2) is 0 Å². The molecule has 0 N–H and O–H groups in total. The monoisotopic (exact) mass is 243 g/mol. The van der Waals surface area contributed by atoms with Crippen molar-refractivity contribution in [2.75, 3.05) is 26.2 Å². The zero-order chi connectivity index (χ0) is 12.1. The number of nitrogens with zero attached hydrogens (tertiary/aromatic N) is 2. The number of rotatable bonds is 2.